The largest absolute Gasteiger partial charge is 0.494 e. The molecule has 0 saturated carbocycles. The van der Waals surface area contributed by atoms with E-state index in [1.165, 1.54) is 24.0 Å². The van der Waals surface area contributed by atoms with Gasteiger partial charge in [0.2, 0.25) is 0 Å². The normalized spacial score (nSPS) is 15.8. The van der Waals surface area contributed by atoms with Gasteiger partial charge in [-0.05, 0) is 54.7 Å². The van der Waals surface area contributed by atoms with Crippen LogP contribution in [-0.4, -0.2) is 24.3 Å². The average molecular weight is 477 g/mol. The van der Waals surface area contributed by atoms with Gasteiger partial charge in [-0.15, -0.1) is 0 Å². The highest BCUT2D eigenvalue weighted by Crippen LogP contribution is 2.31. The zero-order chi connectivity index (χ0) is 24.4. The van der Waals surface area contributed by atoms with Crippen LogP contribution in [0.15, 0.2) is 69.6 Å². The predicted octanol–water partition coefficient (Wildman–Crippen LogP) is 3.93. The summed E-state index contributed by atoms with van der Waals surface area (Å²) in [7, 11) is 1.35. The Hall–Kier alpha value is -3.45. The van der Waals surface area contributed by atoms with Crippen molar-refractivity contribution >= 4 is 23.4 Å². The van der Waals surface area contributed by atoms with Crippen LogP contribution in [0.1, 0.15) is 56.3 Å². The van der Waals surface area contributed by atoms with Gasteiger partial charge in [0.05, 0.1) is 35.6 Å². The standard InChI is InChI=1S/C27H28N2O4S/c1-6-33-21-9-7-8-18(14-21)15-22-25(30)29-24(20-12-10-19(11-13-20)16(2)3)23(26(31)32-5)17(4)28-27(29)34-22/h7-16,24H,6H2,1-5H3/b22-15+. The zero-order valence-corrected chi connectivity index (χ0v) is 20.8. The van der Waals surface area contributed by atoms with Gasteiger partial charge in [-0.2, -0.15) is 0 Å². The van der Waals surface area contributed by atoms with Crippen molar-refractivity contribution < 1.29 is 14.3 Å². The third-order valence-corrected chi connectivity index (χ3v) is 6.80. The Balaban J connectivity index is 1.90. The maximum absolute atomic E-state index is 13.6. The van der Waals surface area contributed by atoms with Gasteiger partial charge in [-0.25, -0.2) is 9.79 Å². The van der Waals surface area contributed by atoms with E-state index in [0.717, 1.165) is 16.9 Å². The number of benzene rings is 2. The highest BCUT2D eigenvalue weighted by atomic mass is 32.1. The van der Waals surface area contributed by atoms with Gasteiger partial charge >= 0.3 is 5.97 Å². The van der Waals surface area contributed by atoms with Crippen LogP contribution >= 0.6 is 11.3 Å². The van der Waals surface area contributed by atoms with E-state index in [-0.39, 0.29) is 5.56 Å². The number of fused-ring (bicyclic) bond motifs is 1. The summed E-state index contributed by atoms with van der Waals surface area (Å²) >= 11 is 1.31. The second-order valence-corrected chi connectivity index (χ2v) is 9.41. The Morgan fingerprint density at radius 3 is 2.59 bits per heavy atom. The van der Waals surface area contributed by atoms with Crippen molar-refractivity contribution in [1.82, 2.24) is 4.57 Å². The Morgan fingerprint density at radius 1 is 1.21 bits per heavy atom. The van der Waals surface area contributed by atoms with Gasteiger partial charge in [-0.3, -0.25) is 9.36 Å². The zero-order valence-electron chi connectivity index (χ0n) is 20.0. The number of carbonyl (C=O) groups is 1. The highest BCUT2D eigenvalue weighted by molar-refractivity contribution is 7.07. The fourth-order valence-electron chi connectivity index (χ4n) is 4.08. The number of thiazole rings is 1. The molecular weight excluding hydrogens is 448 g/mol. The number of allylic oxidation sites excluding steroid dienone is 1. The van der Waals surface area contributed by atoms with E-state index in [2.05, 4.69) is 18.8 Å². The van der Waals surface area contributed by atoms with Gasteiger partial charge in [0.15, 0.2) is 4.80 Å². The molecule has 0 aliphatic carbocycles. The molecule has 1 atom stereocenters. The topological polar surface area (TPSA) is 69.9 Å². The molecule has 1 aromatic heterocycles. The summed E-state index contributed by atoms with van der Waals surface area (Å²) in [6.45, 7) is 8.53. The number of esters is 1. The number of hydrogen-bond donors (Lipinski definition) is 0. The van der Waals surface area contributed by atoms with E-state index >= 15 is 0 Å². The fraction of sp³-hybridized carbons (Fsp3) is 0.296. The number of ether oxygens (including phenoxy) is 2. The minimum atomic E-state index is -0.609. The van der Waals surface area contributed by atoms with E-state index in [1.807, 2.05) is 61.5 Å². The maximum Gasteiger partial charge on any atom is 0.338 e. The van der Waals surface area contributed by atoms with Crippen LogP contribution in [-0.2, 0) is 9.53 Å². The minimum absolute atomic E-state index is 0.197. The summed E-state index contributed by atoms with van der Waals surface area (Å²) in [6.07, 6.45) is 1.84. The van der Waals surface area contributed by atoms with Gasteiger partial charge in [0.1, 0.15) is 5.75 Å². The monoisotopic (exact) mass is 476 g/mol. The smallest absolute Gasteiger partial charge is 0.338 e. The lowest BCUT2D eigenvalue weighted by Gasteiger charge is -2.24. The van der Waals surface area contributed by atoms with Crippen LogP contribution < -0.4 is 19.6 Å². The van der Waals surface area contributed by atoms with E-state index in [4.69, 9.17) is 9.47 Å². The molecule has 1 unspecified atom stereocenters. The van der Waals surface area contributed by atoms with E-state index in [0.29, 0.717) is 33.1 Å². The molecule has 34 heavy (non-hydrogen) atoms. The molecule has 6 nitrogen and oxygen atoms in total. The second-order valence-electron chi connectivity index (χ2n) is 8.40. The van der Waals surface area contributed by atoms with Gasteiger partial charge in [0, 0.05) is 0 Å². The first-order chi connectivity index (χ1) is 16.3. The quantitative estimate of drug-likeness (QED) is 0.506. The van der Waals surface area contributed by atoms with Crippen molar-refractivity contribution in [2.75, 3.05) is 13.7 Å². The molecule has 2 aromatic carbocycles. The summed E-state index contributed by atoms with van der Waals surface area (Å²) in [4.78, 5) is 31.6. The lowest BCUT2D eigenvalue weighted by Crippen LogP contribution is -2.39. The summed E-state index contributed by atoms with van der Waals surface area (Å²) < 4.78 is 12.8. The molecule has 7 heteroatoms. The number of carbonyl (C=O) groups excluding carboxylic acids is 1. The molecule has 0 bridgehead atoms. The maximum atomic E-state index is 13.6. The number of rotatable bonds is 6. The molecule has 0 radical (unpaired) electrons. The summed E-state index contributed by atoms with van der Waals surface area (Å²) in [5.41, 5.74) is 3.61. The molecular formula is C27H28N2O4S. The molecule has 1 aliphatic heterocycles. The molecule has 0 N–H and O–H groups in total. The molecule has 176 valence electrons. The van der Waals surface area contributed by atoms with Crippen molar-refractivity contribution in [3.8, 4) is 5.75 Å². The van der Waals surface area contributed by atoms with Crippen LogP contribution in [0.25, 0.3) is 6.08 Å². The second kappa shape index (κ2) is 9.81. The molecule has 0 spiro atoms. The van der Waals surface area contributed by atoms with Gasteiger partial charge < -0.3 is 9.47 Å². The predicted molar refractivity (Wildman–Crippen MR) is 134 cm³/mol. The van der Waals surface area contributed by atoms with Crippen molar-refractivity contribution in [1.29, 1.82) is 0 Å². The van der Waals surface area contributed by atoms with Crippen molar-refractivity contribution in [3.63, 3.8) is 0 Å². The molecule has 0 amide bonds. The molecule has 4 rings (SSSR count). The van der Waals surface area contributed by atoms with E-state index < -0.39 is 12.0 Å². The summed E-state index contributed by atoms with van der Waals surface area (Å²) in [5, 5.41) is 0. The third-order valence-electron chi connectivity index (χ3n) is 5.81. The molecule has 0 saturated heterocycles. The number of hydrogen-bond acceptors (Lipinski definition) is 6. The first-order valence-corrected chi connectivity index (χ1v) is 12.1. The molecule has 0 fully saturated rings. The first-order valence-electron chi connectivity index (χ1n) is 11.3. The van der Waals surface area contributed by atoms with Crippen molar-refractivity contribution in [3.05, 3.63) is 96.2 Å². The lowest BCUT2D eigenvalue weighted by molar-refractivity contribution is -0.136. The Morgan fingerprint density at radius 2 is 1.94 bits per heavy atom. The van der Waals surface area contributed by atoms with E-state index in [1.54, 1.807) is 11.5 Å². The molecule has 3 aromatic rings. The number of methoxy groups -OCH3 is 1. The van der Waals surface area contributed by atoms with Gasteiger partial charge in [-0.1, -0.05) is 61.6 Å². The average Bonchev–Trinajstić information content (AvgIpc) is 3.12. The number of nitrogens with zero attached hydrogens (tertiary/aromatic N) is 2. The Labute approximate surface area is 202 Å². The van der Waals surface area contributed by atoms with Crippen LogP contribution in [0.2, 0.25) is 0 Å². The fourth-order valence-corrected chi connectivity index (χ4v) is 5.13. The Kier molecular flexibility index (Phi) is 6.84. The summed E-state index contributed by atoms with van der Waals surface area (Å²) in [6, 6.07) is 15.0. The SMILES string of the molecule is CCOc1cccc(/C=c2/sc3n(c2=O)C(c2ccc(C(C)C)cc2)C(C(=O)OC)=C(C)N=3)c1. The van der Waals surface area contributed by atoms with Crippen LogP contribution in [0.4, 0.5) is 0 Å². The van der Waals surface area contributed by atoms with Gasteiger partial charge in [0.25, 0.3) is 5.56 Å². The first kappa shape index (κ1) is 23.7. The van der Waals surface area contributed by atoms with E-state index in [9.17, 15) is 9.59 Å². The molecule has 2 heterocycles. The minimum Gasteiger partial charge on any atom is -0.494 e. The lowest BCUT2D eigenvalue weighted by atomic mass is 9.93. The molecule has 1 aliphatic rings. The van der Waals surface area contributed by atoms with Crippen LogP contribution in [0, 0.1) is 0 Å². The summed E-state index contributed by atoms with van der Waals surface area (Å²) in [5.74, 6) is 0.634. The Bertz CT molecular complexity index is 1430. The van der Waals surface area contributed by atoms with Crippen LogP contribution in [0.5, 0.6) is 5.75 Å². The number of aromatic nitrogens is 1. The highest BCUT2D eigenvalue weighted by Gasteiger charge is 2.33. The van der Waals surface area contributed by atoms with Crippen LogP contribution in [0.3, 0.4) is 0 Å². The third kappa shape index (κ3) is 4.48. The van der Waals surface area contributed by atoms with Crippen molar-refractivity contribution in [2.24, 2.45) is 4.99 Å². The van der Waals surface area contributed by atoms with Crippen molar-refractivity contribution in [2.45, 2.75) is 39.7 Å².